The normalized spacial score (nSPS) is 20.1. The Morgan fingerprint density at radius 2 is 1.95 bits per heavy atom. The standard InChI is InChI=1S/C15H21BrN4/c16-12-3-4-13(15(17)18)14(9-12)20-7-5-19(6-8-20)10-11-1-2-11/h3-4,9,11H,1-2,5-8,10H2,(H3,17,18). The molecule has 0 amide bonds. The first kappa shape index (κ1) is 13.9. The molecule has 2 fully saturated rings. The van der Waals surface area contributed by atoms with Crippen molar-refractivity contribution in [3.63, 3.8) is 0 Å². The van der Waals surface area contributed by atoms with Crippen LogP contribution in [0, 0.1) is 11.3 Å². The molecular formula is C15H21BrN4. The monoisotopic (exact) mass is 336 g/mol. The maximum Gasteiger partial charge on any atom is 0.124 e. The smallest absolute Gasteiger partial charge is 0.124 e. The highest BCUT2D eigenvalue weighted by molar-refractivity contribution is 9.10. The molecule has 1 saturated carbocycles. The fourth-order valence-corrected chi connectivity index (χ4v) is 3.18. The van der Waals surface area contributed by atoms with E-state index >= 15 is 0 Å². The summed E-state index contributed by atoms with van der Waals surface area (Å²) >= 11 is 3.52. The third kappa shape index (κ3) is 3.15. The van der Waals surface area contributed by atoms with Crippen molar-refractivity contribution in [2.45, 2.75) is 12.8 Å². The molecule has 0 spiro atoms. The van der Waals surface area contributed by atoms with E-state index in [0.29, 0.717) is 0 Å². The molecule has 2 aliphatic rings. The molecule has 0 atom stereocenters. The lowest BCUT2D eigenvalue weighted by molar-refractivity contribution is 0.248. The lowest BCUT2D eigenvalue weighted by atomic mass is 10.1. The van der Waals surface area contributed by atoms with Gasteiger partial charge in [0.15, 0.2) is 0 Å². The highest BCUT2D eigenvalue weighted by Gasteiger charge is 2.27. The predicted octanol–water partition coefficient (Wildman–Crippen LogP) is 2.27. The molecule has 1 aliphatic carbocycles. The van der Waals surface area contributed by atoms with Gasteiger partial charge in [0, 0.05) is 48.4 Å². The number of nitrogens with one attached hydrogen (secondary N) is 1. The van der Waals surface area contributed by atoms with Crippen LogP contribution in [0.4, 0.5) is 5.69 Å². The van der Waals surface area contributed by atoms with Gasteiger partial charge < -0.3 is 10.6 Å². The second-order valence-electron chi connectivity index (χ2n) is 5.81. The van der Waals surface area contributed by atoms with Crippen LogP contribution in [0.1, 0.15) is 18.4 Å². The van der Waals surface area contributed by atoms with E-state index in [9.17, 15) is 0 Å². The van der Waals surface area contributed by atoms with Crippen LogP contribution < -0.4 is 10.6 Å². The van der Waals surface area contributed by atoms with Crippen LogP contribution in [0.3, 0.4) is 0 Å². The molecule has 1 heterocycles. The number of benzene rings is 1. The van der Waals surface area contributed by atoms with E-state index in [1.165, 1.54) is 19.4 Å². The van der Waals surface area contributed by atoms with Gasteiger partial charge in [0.2, 0.25) is 0 Å². The van der Waals surface area contributed by atoms with Crippen LogP contribution in [-0.2, 0) is 0 Å². The van der Waals surface area contributed by atoms with E-state index < -0.39 is 0 Å². The summed E-state index contributed by atoms with van der Waals surface area (Å²) in [7, 11) is 0. The first-order chi connectivity index (χ1) is 9.63. The molecule has 3 N–H and O–H groups in total. The van der Waals surface area contributed by atoms with Crippen LogP contribution in [-0.4, -0.2) is 43.5 Å². The van der Waals surface area contributed by atoms with Crippen molar-refractivity contribution in [2.75, 3.05) is 37.6 Å². The minimum atomic E-state index is 0.146. The maximum atomic E-state index is 7.73. The number of hydrogen-bond acceptors (Lipinski definition) is 3. The zero-order valence-electron chi connectivity index (χ0n) is 11.6. The molecule has 1 saturated heterocycles. The molecule has 0 unspecified atom stereocenters. The Labute approximate surface area is 128 Å². The average molecular weight is 337 g/mol. The van der Waals surface area contributed by atoms with Crippen molar-refractivity contribution in [2.24, 2.45) is 11.7 Å². The van der Waals surface area contributed by atoms with E-state index in [4.69, 9.17) is 11.1 Å². The number of nitrogens with two attached hydrogens (primary N) is 1. The summed E-state index contributed by atoms with van der Waals surface area (Å²) in [6, 6.07) is 5.95. The lowest BCUT2D eigenvalue weighted by Gasteiger charge is -2.37. The van der Waals surface area contributed by atoms with Gasteiger partial charge in [-0.15, -0.1) is 0 Å². The van der Waals surface area contributed by atoms with Gasteiger partial charge in [-0.3, -0.25) is 10.3 Å². The summed E-state index contributed by atoms with van der Waals surface area (Å²) in [6.45, 7) is 5.53. The Morgan fingerprint density at radius 1 is 1.25 bits per heavy atom. The first-order valence-electron chi connectivity index (χ1n) is 7.25. The van der Waals surface area contributed by atoms with Gasteiger partial charge in [-0.2, -0.15) is 0 Å². The highest BCUT2D eigenvalue weighted by Crippen LogP contribution is 2.31. The Kier molecular flexibility index (Phi) is 3.98. The van der Waals surface area contributed by atoms with Crippen LogP contribution in [0.25, 0.3) is 0 Å². The second-order valence-corrected chi connectivity index (χ2v) is 6.72. The molecule has 4 nitrogen and oxygen atoms in total. The number of halogens is 1. The maximum absolute atomic E-state index is 7.73. The molecule has 1 aliphatic heterocycles. The molecule has 5 heteroatoms. The molecule has 20 heavy (non-hydrogen) atoms. The zero-order valence-corrected chi connectivity index (χ0v) is 13.2. The molecular weight excluding hydrogens is 316 g/mol. The minimum absolute atomic E-state index is 0.146. The third-order valence-electron chi connectivity index (χ3n) is 4.18. The van der Waals surface area contributed by atoms with Crippen LogP contribution in [0.2, 0.25) is 0 Å². The summed E-state index contributed by atoms with van der Waals surface area (Å²) < 4.78 is 1.04. The molecule has 0 bridgehead atoms. The predicted molar refractivity (Wildman–Crippen MR) is 86.5 cm³/mol. The van der Waals surface area contributed by atoms with E-state index in [1.807, 2.05) is 12.1 Å². The number of nitrogen functional groups attached to an aromatic ring is 1. The SMILES string of the molecule is N=C(N)c1ccc(Br)cc1N1CCN(CC2CC2)CC1. The van der Waals surface area contributed by atoms with Gasteiger partial charge >= 0.3 is 0 Å². The van der Waals surface area contributed by atoms with Gasteiger partial charge in [0.1, 0.15) is 5.84 Å². The van der Waals surface area contributed by atoms with Crippen molar-refractivity contribution in [1.29, 1.82) is 5.41 Å². The topological polar surface area (TPSA) is 56.4 Å². The summed E-state index contributed by atoms with van der Waals surface area (Å²) in [5.74, 6) is 1.10. The van der Waals surface area contributed by atoms with E-state index in [-0.39, 0.29) is 5.84 Å². The fraction of sp³-hybridized carbons (Fsp3) is 0.533. The first-order valence-corrected chi connectivity index (χ1v) is 8.04. The molecule has 0 radical (unpaired) electrons. The molecule has 3 rings (SSSR count). The van der Waals surface area contributed by atoms with Gasteiger partial charge in [-0.1, -0.05) is 15.9 Å². The quantitative estimate of drug-likeness (QED) is 0.655. The van der Waals surface area contributed by atoms with Crippen LogP contribution in [0.15, 0.2) is 22.7 Å². The number of piperazine rings is 1. The Bertz CT molecular complexity index is 505. The van der Waals surface area contributed by atoms with Gasteiger partial charge in [-0.25, -0.2) is 0 Å². The van der Waals surface area contributed by atoms with Gasteiger partial charge in [0.05, 0.1) is 0 Å². The highest BCUT2D eigenvalue weighted by atomic mass is 79.9. The van der Waals surface area contributed by atoms with E-state index in [2.05, 4.69) is 31.8 Å². The summed E-state index contributed by atoms with van der Waals surface area (Å²) in [5, 5.41) is 7.73. The Balaban J connectivity index is 1.70. The Hall–Kier alpha value is -1.07. The number of amidine groups is 1. The van der Waals surface area contributed by atoms with Crippen molar-refractivity contribution >= 4 is 27.5 Å². The average Bonchev–Trinajstić information content (AvgIpc) is 3.23. The summed E-state index contributed by atoms with van der Waals surface area (Å²) in [5.41, 5.74) is 7.62. The number of hydrogen-bond donors (Lipinski definition) is 2. The van der Waals surface area contributed by atoms with Crippen molar-refractivity contribution in [3.05, 3.63) is 28.2 Å². The third-order valence-corrected chi connectivity index (χ3v) is 4.67. The molecule has 1 aromatic carbocycles. The van der Waals surface area contributed by atoms with E-state index in [1.54, 1.807) is 0 Å². The fourth-order valence-electron chi connectivity index (χ4n) is 2.83. The van der Waals surface area contributed by atoms with Crippen molar-refractivity contribution in [1.82, 2.24) is 4.90 Å². The zero-order chi connectivity index (χ0) is 14.1. The Morgan fingerprint density at radius 3 is 2.55 bits per heavy atom. The second kappa shape index (κ2) is 5.74. The number of nitrogens with zero attached hydrogens (tertiary/aromatic N) is 2. The van der Waals surface area contributed by atoms with Gasteiger partial charge in [-0.05, 0) is 37.0 Å². The number of rotatable bonds is 4. The minimum Gasteiger partial charge on any atom is -0.384 e. The van der Waals surface area contributed by atoms with E-state index in [0.717, 1.165) is 47.8 Å². The van der Waals surface area contributed by atoms with Crippen LogP contribution >= 0.6 is 15.9 Å². The molecule has 0 aromatic heterocycles. The van der Waals surface area contributed by atoms with Crippen LogP contribution in [0.5, 0.6) is 0 Å². The van der Waals surface area contributed by atoms with Crippen molar-refractivity contribution < 1.29 is 0 Å². The summed E-state index contributed by atoms with van der Waals surface area (Å²) in [4.78, 5) is 4.92. The summed E-state index contributed by atoms with van der Waals surface area (Å²) in [6.07, 6.45) is 2.83. The lowest BCUT2D eigenvalue weighted by Crippen LogP contribution is -2.47. The molecule has 108 valence electrons. The number of anilines is 1. The van der Waals surface area contributed by atoms with Gasteiger partial charge in [0.25, 0.3) is 0 Å². The molecule has 1 aromatic rings. The van der Waals surface area contributed by atoms with Crippen molar-refractivity contribution in [3.8, 4) is 0 Å². The largest absolute Gasteiger partial charge is 0.384 e.